The van der Waals surface area contributed by atoms with Crippen LogP contribution in [0.15, 0.2) is 122 Å². The van der Waals surface area contributed by atoms with Gasteiger partial charge in [0, 0.05) is 17.2 Å². The van der Waals surface area contributed by atoms with Crippen molar-refractivity contribution < 1.29 is 13.9 Å². The molecule has 6 rings (SSSR count). The number of benzene rings is 4. The van der Waals surface area contributed by atoms with E-state index >= 15 is 0 Å². The van der Waals surface area contributed by atoms with Crippen molar-refractivity contribution in [2.45, 2.75) is 0 Å². The Bertz CT molecular complexity index is 1850. The second kappa shape index (κ2) is 8.15. The van der Waals surface area contributed by atoms with Gasteiger partial charge in [0.2, 0.25) is 11.2 Å². The zero-order valence-corrected chi connectivity index (χ0v) is 18.4. The highest BCUT2D eigenvalue weighted by Gasteiger charge is 2.16. The second-order valence-corrected chi connectivity index (χ2v) is 8.24. The first-order chi connectivity index (χ1) is 17.1. The molecule has 0 aliphatic rings. The minimum Gasteiger partial charge on any atom is -0.502 e. The van der Waals surface area contributed by atoms with Crippen molar-refractivity contribution in [2.75, 3.05) is 0 Å². The average Bonchev–Trinajstić information content (AvgIpc) is 2.91. The minimum atomic E-state index is -0.483. The van der Waals surface area contributed by atoms with E-state index in [1.807, 2.05) is 48.5 Å². The van der Waals surface area contributed by atoms with Crippen LogP contribution in [0.5, 0.6) is 5.75 Å². The van der Waals surface area contributed by atoms with Gasteiger partial charge in [0.15, 0.2) is 11.2 Å². The quantitative estimate of drug-likeness (QED) is 0.323. The van der Waals surface area contributed by atoms with Gasteiger partial charge in [-0.25, -0.2) is 0 Å². The molecule has 6 aromatic rings. The Balaban J connectivity index is 1.48. The van der Waals surface area contributed by atoms with E-state index in [1.54, 1.807) is 48.5 Å². The van der Waals surface area contributed by atoms with Gasteiger partial charge in [-0.05, 0) is 41.5 Å². The zero-order chi connectivity index (χ0) is 23.9. The Morgan fingerprint density at radius 3 is 2.11 bits per heavy atom. The van der Waals surface area contributed by atoms with Crippen LogP contribution in [0.3, 0.4) is 0 Å². The van der Waals surface area contributed by atoms with E-state index in [1.165, 1.54) is 6.07 Å². The molecule has 2 heterocycles. The first-order valence-electron chi connectivity index (χ1n) is 11.1. The second-order valence-electron chi connectivity index (χ2n) is 8.24. The fraction of sp³-hybridized carbons (Fsp3) is 0. The van der Waals surface area contributed by atoms with Crippen LogP contribution in [0.2, 0.25) is 0 Å². The summed E-state index contributed by atoms with van der Waals surface area (Å²) < 4.78 is 12.0. The molecule has 5 heteroatoms. The Morgan fingerprint density at radius 2 is 1.26 bits per heavy atom. The van der Waals surface area contributed by atoms with E-state index in [0.29, 0.717) is 33.3 Å². The van der Waals surface area contributed by atoms with E-state index in [0.717, 1.165) is 16.7 Å². The summed E-state index contributed by atoms with van der Waals surface area (Å²) in [6, 6.07) is 30.5. The number of aromatic hydroxyl groups is 1. The van der Waals surface area contributed by atoms with Gasteiger partial charge in [-0.1, -0.05) is 66.7 Å². The van der Waals surface area contributed by atoms with Gasteiger partial charge in [0.1, 0.15) is 16.9 Å². The SMILES string of the molecule is O=c1cc(-c2cccc(-c3ccc4c(=O)c(O)c(-c5ccccc5)oc4c3)c2)oc2ccccc12. The molecule has 0 unspecified atom stereocenters. The van der Waals surface area contributed by atoms with Gasteiger partial charge in [0.25, 0.3) is 0 Å². The van der Waals surface area contributed by atoms with Crippen LogP contribution >= 0.6 is 0 Å². The van der Waals surface area contributed by atoms with Crippen LogP contribution in [0.1, 0.15) is 0 Å². The van der Waals surface area contributed by atoms with Crippen LogP contribution in [-0.4, -0.2) is 5.11 Å². The number of para-hydroxylation sites is 1. The fourth-order valence-corrected chi connectivity index (χ4v) is 4.25. The highest BCUT2D eigenvalue weighted by molar-refractivity contribution is 5.87. The standard InChI is InChI=1S/C30H18O5/c31-24-17-26(34-25-12-5-4-11-22(24)25)21-10-6-9-19(15-21)20-13-14-23-27(16-20)35-30(29(33)28(23)32)18-7-2-1-3-8-18/h1-17,33H. The van der Waals surface area contributed by atoms with E-state index < -0.39 is 11.2 Å². The summed E-state index contributed by atoms with van der Waals surface area (Å²) >= 11 is 0. The van der Waals surface area contributed by atoms with Gasteiger partial charge in [-0.2, -0.15) is 0 Å². The van der Waals surface area contributed by atoms with Crippen molar-refractivity contribution in [3.8, 4) is 39.5 Å². The van der Waals surface area contributed by atoms with Gasteiger partial charge in [0.05, 0.1) is 10.8 Å². The van der Waals surface area contributed by atoms with Gasteiger partial charge < -0.3 is 13.9 Å². The van der Waals surface area contributed by atoms with E-state index in [2.05, 4.69) is 0 Å². The topological polar surface area (TPSA) is 80.7 Å². The average molecular weight is 458 g/mol. The molecular weight excluding hydrogens is 440 g/mol. The van der Waals surface area contributed by atoms with Crippen molar-refractivity contribution in [2.24, 2.45) is 0 Å². The monoisotopic (exact) mass is 458 g/mol. The molecule has 5 nitrogen and oxygen atoms in total. The summed E-state index contributed by atoms with van der Waals surface area (Å²) in [6.07, 6.45) is 0. The third kappa shape index (κ3) is 3.60. The third-order valence-electron chi connectivity index (χ3n) is 6.02. The molecule has 1 N–H and O–H groups in total. The predicted octanol–water partition coefficient (Wildman–Crippen LogP) is 6.61. The highest BCUT2D eigenvalue weighted by atomic mass is 16.4. The van der Waals surface area contributed by atoms with Gasteiger partial charge >= 0.3 is 0 Å². The van der Waals surface area contributed by atoms with Gasteiger partial charge in [-0.3, -0.25) is 9.59 Å². The molecule has 0 fully saturated rings. The highest BCUT2D eigenvalue weighted by Crippen LogP contribution is 2.33. The lowest BCUT2D eigenvalue weighted by Gasteiger charge is -2.09. The molecule has 0 aliphatic heterocycles. The molecule has 0 aliphatic carbocycles. The molecule has 0 radical (unpaired) electrons. The van der Waals surface area contributed by atoms with E-state index in [9.17, 15) is 14.7 Å². The van der Waals surface area contributed by atoms with Crippen molar-refractivity contribution >= 4 is 21.9 Å². The van der Waals surface area contributed by atoms with E-state index in [-0.39, 0.29) is 11.2 Å². The largest absolute Gasteiger partial charge is 0.502 e. The first-order valence-corrected chi connectivity index (χ1v) is 11.1. The summed E-state index contributed by atoms with van der Waals surface area (Å²) in [5.74, 6) is 0.191. The maximum absolute atomic E-state index is 12.8. The van der Waals surface area contributed by atoms with Crippen LogP contribution in [0.4, 0.5) is 0 Å². The third-order valence-corrected chi connectivity index (χ3v) is 6.02. The van der Waals surface area contributed by atoms with E-state index in [4.69, 9.17) is 8.83 Å². The number of hydrogen-bond donors (Lipinski definition) is 1. The number of hydrogen-bond acceptors (Lipinski definition) is 5. The van der Waals surface area contributed by atoms with Crippen LogP contribution in [-0.2, 0) is 0 Å². The maximum atomic E-state index is 12.8. The molecule has 2 aromatic heterocycles. The van der Waals surface area contributed by atoms with Crippen molar-refractivity contribution in [3.05, 3.63) is 124 Å². The summed E-state index contributed by atoms with van der Waals surface area (Å²) in [6.45, 7) is 0. The van der Waals surface area contributed by atoms with Crippen LogP contribution in [0.25, 0.3) is 55.7 Å². The Morgan fingerprint density at radius 1 is 0.543 bits per heavy atom. The zero-order valence-electron chi connectivity index (χ0n) is 18.4. The van der Waals surface area contributed by atoms with Crippen molar-refractivity contribution in [1.82, 2.24) is 0 Å². The Hall–Kier alpha value is -4.90. The lowest BCUT2D eigenvalue weighted by molar-refractivity contribution is 0.449. The molecular formula is C30H18O5. The van der Waals surface area contributed by atoms with Crippen LogP contribution < -0.4 is 10.9 Å². The lowest BCUT2D eigenvalue weighted by atomic mass is 10.00. The molecule has 0 bridgehead atoms. The predicted molar refractivity (Wildman–Crippen MR) is 136 cm³/mol. The molecule has 4 aromatic carbocycles. The number of rotatable bonds is 3. The van der Waals surface area contributed by atoms with Gasteiger partial charge in [-0.15, -0.1) is 0 Å². The number of fused-ring (bicyclic) bond motifs is 2. The summed E-state index contributed by atoms with van der Waals surface area (Å²) in [5.41, 5.74) is 3.35. The molecule has 0 saturated carbocycles. The molecule has 35 heavy (non-hydrogen) atoms. The minimum absolute atomic E-state index is 0.104. The van der Waals surface area contributed by atoms with Crippen molar-refractivity contribution in [3.63, 3.8) is 0 Å². The lowest BCUT2D eigenvalue weighted by Crippen LogP contribution is -2.02. The molecule has 0 spiro atoms. The smallest absolute Gasteiger partial charge is 0.235 e. The molecule has 0 atom stereocenters. The van der Waals surface area contributed by atoms with Crippen molar-refractivity contribution in [1.29, 1.82) is 0 Å². The maximum Gasteiger partial charge on any atom is 0.235 e. The first kappa shape index (κ1) is 20.7. The molecule has 0 amide bonds. The molecule has 168 valence electrons. The Kier molecular flexibility index (Phi) is 4.82. The summed E-state index contributed by atoms with van der Waals surface area (Å²) in [7, 11) is 0. The fourth-order valence-electron chi connectivity index (χ4n) is 4.25. The summed E-state index contributed by atoms with van der Waals surface area (Å²) in [5, 5.41) is 11.3. The normalized spacial score (nSPS) is 11.2. The molecule has 0 saturated heterocycles. The Labute approximate surface area is 199 Å². The van der Waals surface area contributed by atoms with Crippen LogP contribution in [0, 0.1) is 0 Å². The summed E-state index contributed by atoms with van der Waals surface area (Å²) in [4.78, 5) is 25.4.